The van der Waals surface area contributed by atoms with E-state index in [-0.39, 0.29) is 11.8 Å². The molecule has 3 nitrogen and oxygen atoms in total. The molecule has 0 aromatic heterocycles. The second-order valence-electron chi connectivity index (χ2n) is 3.78. The fourth-order valence-electron chi connectivity index (χ4n) is 1.87. The molecule has 0 saturated carbocycles. The third-order valence-electron chi connectivity index (χ3n) is 2.51. The smallest absolute Gasteiger partial charge is 0.167 e. The van der Waals surface area contributed by atoms with Crippen molar-refractivity contribution in [1.29, 1.82) is 0 Å². The molecule has 0 amide bonds. The van der Waals surface area contributed by atoms with Crippen molar-refractivity contribution in [2.45, 2.75) is 26.3 Å². The normalized spacial score (nSPS) is 19.3. The molecule has 0 spiro atoms. The van der Waals surface area contributed by atoms with Gasteiger partial charge in [-0.15, -0.1) is 0 Å². The number of ketones is 1. The Bertz CT molecular complexity index is 387. The van der Waals surface area contributed by atoms with Gasteiger partial charge in [0.2, 0.25) is 0 Å². The second-order valence-corrected chi connectivity index (χ2v) is 3.78. The zero-order valence-electron chi connectivity index (χ0n) is 9.04. The predicted octanol–water partition coefficient (Wildman–Crippen LogP) is 2.47. The van der Waals surface area contributed by atoms with Crippen LogP contribution in [0.5, 0.6) is 5.75 Å². The van der Waals surface area contributed by atoms with Crippen molar-refractivity contribution in [3.8, 4) is 5.75 Å². The van der Waals surface area contributed by atoms with Crippen LogP contribution >= 0.6 is 0 Å². The third-order valence-corrected chi connectivity index (χ3v) is 2.51. The Kier molecular flexibility index (Phi) is 2.62. The molecule has 0 saturated heterocycles. The summed E-state index contributed by atoms with van der Waals surface area (Å²) in [5.41, 5.74) is 1.60. The molecular formula is C12H15NO2. The number of hydrogen-bond donors (Lipinski definition) is 1. The van der Waals surface area contributed by atoms with E-state index >= 15 is 0 Å². The van der Waals surface area contributed by atoms with Gasteiger partial charge in [-0.2, -0.15) is 0 Å². The van der Waals surface area contributed by atoms with Gasteiger partial charge in [-0.1, -0.05) is 6.07 Å². The van der Waals surface area contributed by atoms with Crippen LogP contribution in [0.2, 0.25) is 0 Å². The van der Waals surface area contributed by atoms with Gasteiger partial charge in [0.1, 0.15) is 5.75 Å². The average molecular weight is 205 g/mol. The van der Waals surface area contributed by atoms with Gasteiger partial charge in [0.05, 0.1) is 12.3 Å². The number of hydrogen-bond acceptors (Lipinski definition) is 3. The summed E-state index contributed by atoms with van der Waals surface area (Å²) in [4.78, 5) is 11.8. The summed E-state index contributed by atoms with van der Waals surface area (Å²) in [6.07, 6.45) is 0.558. The average Bonchev–Trinajstić information content (AvgIpc) is 2.19. The summed E-state index contributed by atoms with van der Waals surface area (Å²) in [5.74, 6) is 0.965. The first-order valence-corrected chi connectivity index (χ1v) is 5.28. The number of nitrogens with one attached hydrogen (secondary N) is 1. The number of fused-ring (bicyclic) bond motifs is 1. The Balaban J connectivity index is 2.44. The highest BCUT2D eigenvalue weighted by atomic mass is 16.5. The molecule has 3 heteroatoms. The molecule has 1 heterocycles. The molecule has 0 aliphatic carbocycles. The lowest BCUT2D eigenvalue weighted by atomic mass is 9.97. The van der Waals surface area contributed by atoms with Crippen molar-refractivity contribution in [3.05, 3.63) is 23.8 Å². The van der Waals surface area contributed by atoms with Crippen molar-refractivity contribution in [3.63, 3.8) is 0 Å². The van der Waals surface area contributed by atoms with Gasteiger partial charge < -0.3 is 10.1 Å². The number of rotatable bonds is 2. The van der Waals surface area contributed by atoms with E-state index in [1.54, 1.807) is 0 Å². The van der Waals surface area contributed by atoms with Crippen LogP contribution in [-0.4, -0.2) is 18.4 Å². The second kappa shape index (κ2) is 3.93. The minimum atomic E-state index is 0.187. The summed E-state index contributed by atoms with van der Waals surface area (Å²) in [6, 6.07) is 5.78. The quantitative estimate of drug-likeness (QED) is 0.806. The maximum Gasteiger partial charge on any atom is 0.167 e. The van der Waals surface area contributed by atoms with Gasteiger partial charge in [-0.05, 0) is 26.0 Å². The highest BCUT2D eigenvalue weighted by Crippen LogP contribution is 2.33. The molecular weight excluding hydrogens is 190 g/mol. The molecule has 0 fully saturated rings. The van der Waals surface area contributed by atoms with Crippen molar-refractivity contribution in [1.82, 2.24) is 0 Å². The van der Waals surface area contributed by atoms with E-state index in [9.17, 15) is 4.79 Å². The number of Topliss-reactive ketones (excluding diaryl/α,β-unsaturated/α-hetero) is 1. The lowest BCUT2D eigenvalue weighted by molar-refractivity contribution is 0.0974. The SMILES string of the molecule is CCOc1cccc2c1NC(C)CC2=O. The first-order valence-electron chi connectivity index (χ1n) is 5.28. The van der Waals surface area contributed by atoms with E-state index in [1.165, 1.54) is 0 Å². The highest BCUT2D eigenvalue weighted by molar-refractivity contribution is 6.04. The summed E-state index contributed by atoms with van der Waals surface area (Å²) < 4.78 is 5.49. The summed E-state index contributed by atoms with van der Waals surface area (Å²) in [6.45, 7) is 4.55. The minimum absolute atomic E-state index is 0.187. The topological polar surface area (TPSA) is 38.3 Å². The molecule has 1 aliphatic rings. The molecule has 1 aromatic rings. The van der Waals surface area contributed by atoms with Crippen molar-refractivity contribution in [2.75, 3.05) is 11.9 Å². The van der Waals surface area contributed by atoms with Gasteiger partial charge in [0.15, 0.2) is 5.78 Å². The summed E-state index contributed by atoms with van der Waals surface area (Å²) >= 11 is 0. The zero-order chi connectivity index (χ0) is 10.8. The molecule has 1 unspecified atom stereocenters. The van der Waals surface area contributed by atoms with Gasteiger partial charge in [0, 0.05) is 18.0 Å². The molecule has 1 aliphatic heterocycles. The number of ether oxygens (including phenoxy) is 1. The molecule has 0 bridgehead atoms. The van der Waals surface area contributed by atoms with Crippen LogP contribution in [0, 0.1) is 0 Å². The Labute approximate surface area is 89.4 Å². The van der Waals surface area contributed by atoms with Crippen LogP contribution in [0.1, 0.15) is 30.6 Å². The monoisotopic (exact) mass is 205 g/mol. The van der Waals surface area contributed by atoms with E-state index in [1.807, 2.05) is 32.0 Å². The Morgan fingerprint density at radius 2 is 2.33 bits per heavy atom. The molecule has 80 valence electrons. The molecule has 15 heavy (non-hydrogen) atoms. The molecule has 1 N–H and O–H groups in total. The van der Waals surface area contributed by atoms with Gasteiger partial charge >= 0.3 is 0 Å². The first kappa shape index (κ1) is 10.0. The van der Waals surface area contributed by atoms with Crippen LogP contribution in [0.3, 0.4) is 0 Å². The number of anilines is 1. The fourth-order valence-corrected chi connectivity index (χ4v) is 1.87. The minimum Gasteiger partial charge on any atom is -0.492 e. The van der Waals surface area contributed by atoms with E-state index < -0.39 is 0 Å². The van der Waals surface area contributed by atoms with E-state index in [0.717, 1.165) is 17.0 Å². The maximum absolute atomic E-state index is 11.8. The molecule has 0 radical (unpaired) electrons. The Hall–Kier alpha value is -1.51. The summed E-state index contributed by atoms with van der Waals surface area (Å²) in [5, 5.41) is 3.30. The van der Waals surface area contributed by atoms with Gasteiger partial charge in [-0.3, -0.25) is 4.79 Å². The Morgan fingerprint density at radius 3 is 3.07 bits per heavy atom. The largest absolute Gasteiger partial charge is 0.492 e. The van der Waals surface area contributed by atoms with E-state index in [4.69, 9.17) is 4.74 Å². The van der Waals surface area contributed by atoms with Gasteiger partial charge in [-0.25, -0.2) is 0 Å². The number of carbonyl (C=O) groups excluding carboxylic acids is 1. The molecule has 1 atom stereocenters. The molecule has 2 rings (SSSR count). The first-order chi connectivity index (χ1) is 7.22. The van der Waals surface area contributed by atoms with Crippen LogP contribution in [-0.2, 0) is 0 Å². The van der Waals surface area contributed by atoms with E-state index in [0.29, 0.717) is 13.0 Å². The fraction of sp³-hybridized carbons (Fsp3) is 0.417. The highest BCUT2D eigenvalue weighted by Gasteiger charge is 2.23. The maximum atomic E-state index is 11.8. The van der Waals surface area contributed by atoms with Gasteiger partial charge in [0.25, 0.3) is 0 Å². The number of para-hydroxylation sites is 1. The lowest BCUT2D eigenvalue weighted by Crippen LogP contribution is -2.27. The van der Waals surface area contributed by atoms with Crippen LogP contribution < -0.4 is 10.1 Å². The Morgan fingerprint density at radius 1 is 1.53 bits per heavy atom. The van der Waals surface area contributed by atoms with Crippen LogP contribution in [0.4, 0.5) is 5.69 Å². The van der Waals surface area contributed by atoms with Crippen LogP contribution in [0.15, 0.2) is 18.2 Å². The third kappa shape index (κ3) is 1.82. The number of benzene rings is 1. The van der Waals surface area contributed by atoms with E-state index in [2.05, 4.69) is 5.32 Å². The van der Waals surface area contributed by atoms with Crippen molar-refractivity contribution < 1.29 is 9.53 Å². The number of carbonyl (C=O) groups is 1. The summed E-state index contributed by atoms with van der Waals surface area (Å²) in [7, 11) is 0. The lowest BCUT2D eigenvalue weighted by Gasteiger charge is -2.25. The standard InChI is InChI=1S/C12H15NO2/c1-3-15-11-6-4-5-9-10(14)7-8(2)13-12(9)11/h4-6,8,13H,3,7H2,1-2H3. The van der Waals surface area contributed by atoms with Crippen molar-refractivity contribution >= 4 is 11.5 Å². The van der Waals surface area contributed by atoms with Crippen LogP contribution in [0.25, 0.3) is 0 Å². The molecule has 1 aromatic carbocycles. The predicted molar refractivity (Wildman–Crippen MR) is 59.6 cm³/mol. The van der Waals surface area contributed by atoms with Crippen molar-refractivity contribution in [2.24, 2.45) is 0 Å². The zero-order valence-corrected chi connectivity index (χ0v) is 9.04.